The molecule has 8 heteroatoms. The van der Waals surface area contributed by atoms with Crippen molar-refractivity contribution in [2.24, 2.45) is 0 Å². The summed E-state index contributed by atoms with van der Waals surface area (Å²) >= 11 is 6.73. The van der Waals surface area contributed by atoms with Crippen LogP contribution in [0.25, 0.3) is 0 Å². The molecule has 0 fully saturated rings. The quantitative estimate of drug-likeness (QED) is 0.258. The lowest BCUT2D eigenvalue weighted by Crippen LogP contribution is -2.13. The second kappa shape index (κ2) is 12.8. The molecule has 2 aromatic carbocycles. The van der Waals surface area contributed by atoms with Crippen LogP contribution in [-0.4, -0.2) is 51.2 Å². The van der Waals surface area contributed by atoms with Gasteiger partial charge in [-0.3, -0.25) is 9.59 Å². The van der Waals surface area contributed by atoms with Crippen LogP contribution in [0, 0.1) is 0 Å². The SMILES string of the molecule is CC(=O)c1cc(Br)cc(OCCOCCOCCOc2cc(Br)cc(C(C)=O)c2)c1. The summed E-state index contributed by atoms with van der Waals surface area (Å²) in [6, 6.07) is 10.5. The summed E-state index contributed by atoms with van der Waals surface area (Å²) in [5, 5.41) is 0. The number of Topliss-reactive ketones (excluding diaryl/α,β-unsaturated/α-hetero) is 2. The maximum atomic E-state index is 11.5. The van der Waals surface area contributed by atoms with Crippen molar-refractivity contribution >= 4 is 43.4 Å². The Labute approximate surface area is 193 Å². The molecule has 0 saturated heterocycles. The van der Waals surface area contributed by atoms with Gasteiger partial charge in [-0.25, -0.2) is 0 Å². The van der Waals surface area contributed by atoms with E-state index >= 15 is 0 Å². The van der Waals surface area contributed by atoms with Crippen LogP contribution < -0.4 is 9.47 Å². The molecule has 162 valence electrons. The highest BCUT2D eigenvalue weighted by Crippen LogP contribution is 2.22. The highest BCUT2D eigenvalue weighted by Gasteiger charge is 2.05. The number of carbonyl (C=O) groups is 2. The molecule has 0 aromatic heterocycles. The molecule has 0 bridgehead atoms. The Kier molecular flexibility index (Phi) is 10.5. The van der Waals surface area contributed by atoms with E-state index in [2.05, 4.69) is 31.9 Å². The summed E-state index contributed by atoms with van der Waals surface area (Å²) in [6.07, 6.45) is 0. The Morgan fingerprint density at radius 2 is 1.00 bits per heavy atom. The highest BCUT2D eigenvalue weighted by molar-refractivity contribution is 9.10. The molecule has 0 spiro atoms. The fourth-order valence-electron chi connectivity index (χ4n) is 2.46. The van der Waals surface area contributed by atoms with Crippen molar-refractivity contribution in [3.8, 4) is 11.5 Å². The van der Waals surface area contributed by atoms with Crippen molar-refractivity contribution < 1.29 is 28.5 Å². The van der Waals surface area contributed by atoms with Gasteiger partial charge in [0.1, 0.15) is 24.7 Å². The van der Waals surface area contributed by atoms with E-state index in [0.29, 0.717) is 62.3 Å². The van der Waals surface area contributed by atoms with Gasteiger partial charge >= 0.3 is 0 Å². The van der Waals surface area contributed by atoms with E-state index in [1.54, 1.807) is 36.4 Å². The van der Waals surface area contributed by atoms with E-state index < -0.39 is 0 Å². The molecule has 0 aliphatic heterocycles. The highest BCUT2D eigenvalue weighted by atomic mass is 79.9. The minimum absolute atomic E-state index is 0.0160. The third kappa shape index (κ3) is 8.95. The summed E-state index contributed by atoms with van der Waals surface area (Å²) in [6.45, 7) is 5.47. The largest absolute Gasteiger partial charge is 0.491 e. The van der Waals surface area contributed by atoms with Crippen LogP contribution in [0.2, 0.25) is 0 Å². The second-order valence-electron chi connectivity index (χ2n) is 6.39. The van der Waals surface area contributed by atoms with Gasteiger partial charge in [-0.2, -0.15) is 0 Å². The summed E-state index contributed by atoms with van der Waals surface area (Å²) in [7, 11) is 0. The Morgan fingerprint density at radius 1 is 0.633 bits per heavy atom. The van der Waals surface area contributed by atoms with Gasteiger partial charge in [0, 0.05) is 20.1 Å². The van der Waals surface area contributed by atoms with Gasteiger partial charge in [-0.1, -0.05) is 31.9 Å². The predicted molar refractivity (Wildman–Crippen MR) is 121 cm³/mol. The lowest BCUT2D eigenvalue weighted by Gasteiger charge is -2.10. The van der Waals surface area contributed by atoms with Gasteiger partial charge in [0.15, 0.2) is 11.6 Å². The lowest BCUT2D eigenvalue weighted by atomic mass is 10.1. The zero-order valence-corrected chi connectivity index (χ0v) is 20.1. The first-order valence-electron chi connectivity index (χ1n) is 9.39. The monoisotopic (exact) mass is 542 g/mol. The van der Waals surface area contributed by atoms with Crippen LogP contribution in [0.5, 0.6) is 11.5 Å². The Hall–Kier alpha value is -1.74. The van der Waals surface area contributed by atoms with Gasteiger partial charge in [-0.05, 0) is 50.2 Å². The number of hydrogen-bond acceptors (Lipinski definition) is 6. The average Bonchev–Trinajstić information content (AvgIpc) is 2.68. The molecule has 0 N–H and O–H groups in total. The predicted octanol–water partition coefficient (Wildman–Crippen LogP) is 5.11. The molecule has 2 rings (SSSR count). The van der Waals surface area contributed by atoms with Crippen LogP contribution in [0.4, 0.5) is 0 Å². The lowest BCUT2D eigenvalue weighted by molar-refractivity contribution is 0.0273. The van der Waals surface area contributed by atoms with Crippen LogP contribution in [0.15, 0.2) is 45.3 Å². The molecule has 0 atom stereocenters. The van der Waals surface area contributed by atoms with E-state index in [1.807, 2.05) is 0 Å². The number of ketones is 2. The van der Waals surface area contributed by atoms with E-state index in [-0.39, 0.29) is 11.6 Å². The van der Waals surface area contributed by atoms with E-state index in [0.717, 1.165) is 8.95 Å². The normalized spacial score (nSPS) is 10.7. The van der Waals surface area contributed by atoms with Crippen molar-refractivity contribution in [3.05, 3.63) is 56.5 Å². The maximum Gasteiger partial charge on any atom is 0.159 e. The van der Waals surface area contributed by atoms with Crippen molar-refractivity contribution in [2.45, 2.75) is 13.8 Å². The Bertz CT molecular complexity index is 797. The molecule has 0 radical (unpaired) electrons. The Morgan fingerprint density at radius 3 is 1.37 bits per heavy atom. The van der Waals surface area contributed by atoms with Crippen LogP contribution in [0.1, 0.15) is 34.6 Å². The van der Waals surface area contributed by atoms with Gasteiger partial charge in [0.25, 0.3) is 0 Å². The van der Waals surface area contributed by atoms with Crippen LogP contribution in [0.3, 0.4) is 0 Å². The second-order valence-corrected chi connectivity index (χ2v) is 8.22. The molecule has 0 unspecified atom stereocenters. The molecular formula is C22H24Br2O6. The van der Waals surface area contributed by atoms with Gasteiger partial charge in [-0.15, -0.1) is 0 Å². The number of rotatable bonds is 13. The van der Waals surface area contributed by atoms with E-state index in [1.165, 1.54) is 13.8 Å². The van der Waals surface area contributed by atoms with Gasteiger partial charge < -0.3 is 18.9 Å². The third-order valence-corrected chi connectivity index (χ3v) is 4.84. The molecular weight excluding hydrogens is 520 g/mol. The van der Waals surface area contributed by atoms with Crippen LogP contribution in [-0.2, 0) is 9.47 Å². The topological polar surface area (TPSA) is 71.1 Å². The first kappa shape index (κ1) is 24.5. The average molecular weight is 544 g/mol. The zero-order chi connectivity index (χ0) is 21.9. The molecule has 0 aliphatic carbocycles. The molecule has 0 aliphatic rings. The van der Waals surface area contributed by atoms with E-state index in [4.69, 9.17) is 18.9 Å². The van der Waals surface area contributed by atoms with E-state index in [9.17, 15) is 9.59 Å². The molecule has 30 heavy (non-hydrogen) atoms. The summed E-state index contributed by atoms with van der Waals surface area (Å²) in [4.78, 5) is 22.9. The first-order valence-corrected chi connectivity index (χ1v) is 11.0. The summed E-state index contributed by atoms with van der Waals surface area (Å²) in [5.74, 6) is 1.20. The molecule has 0 saturated carbocycles. The summed E-state index contributed by atoms with van der Waals surface area (Å²) in [5.41, 5.74) is 1.19. The van der Waals surface area contributed by atoms with Crippen molar-refractivity contribution in [1.82, 2.24) is 0 Å². The minimum atomic E-state index is -0.0160. The minimum Gasteiger partial charge on any atom is -0.491 e. The molecule has 6 nitrogen and oxygen atoms in total. The molecule has 0 heterocycles. The standard InChI is InChI=1S/C22H24Br2O6/c1-15(25)17-9-19(23)13-21(11-17)29-7-5-27-3-4-28-6-8-30-22-12-18(16(2)26)10-20(24)14-22/h9-14H,3-8H2,1-2H3. The number of carbonyl (C=O) groups excluding carboxylic acids is 2. The first-order chi connectivity index (χ1) is 14.3. The fourth-order valence-corrected chi connectivity index (χ4v) is 3.40. The van der Waals surface area contributed by atoms with Crippen molar-refractivity contribution in [1.29, 1.82) is 0 Å². The summed E-state index contributed by atoms with van der Waals surface area (Å²) < 4.78 is 23.8. The number of ether oxygens (including phenoxy) is 4. The Balaban J connectivity index is 1.55. The van der Waals surface area contributed by atoms with Crippen molar-refractivity contribution in [2.75, 3.05) is 39.6 Å². The van der Waals surface area contributed by atoms with Gasteiger partial charge in [0.2, 0.25) is 0 Å². The molecule has 2 aromatic rings. The number of hydrogen-bond donors (Lipinski definition) is 0. The third-order valence-electron chi connectivity index (χ3n) is 3.92. The maximum absolute atomic E-state index is 11.5. The van der Waals surface area contributed by atoms with Gasteiger partial charge in [0.05, 0.1) is 26.4 Å². The fraction of sp³-hybridized carbons (Fsp3) is 0.364. The number of halogens is 2. The smallest absolute Gasteiger partial charge is 0.159 e. The van der Waals surface area contributed by atoms with Crippen LogP contribution >= 0.6 is 31.9 Å². The molecule has 0 amide bonds. The number of benzene rings is 2. The van der Waals surface area contributed by atoms with Crippen molar-refractivity contribution in [3.63, 3.8) is 0 Å². The zero-order valence-electron chi connectivity index (χ0n) is 16.9.